The normalized spacial score (nSPS) is 28.6. The molecule has 2 aliphatic heterocycles. The van der Waals surface area contributed by atoms with Crippen LogP contribution in [-0.2, 0) is 4.79 Å². The van der Waals surface area contributed by atoms with Crippen molar-refractivity contribution in [2.24, 2.45) is 11.8 Å². The van der Waals surface area contributed by atoms with Gasteiger partial charge in [0.15, 0.2) is 0 Å². The predicted molar refractivity (Wildman–Crippen MR) is 101 cm³/mol. The van der Waals surface area contributed by atoms with Gasteiger partial charge in [0.25, 0.3) is 0 Å². The van der Waals surface area contributed by atoms with Crippen LogP contribution in [0.2, 0.25) is 5.02 Å². The molecule has 7 nitrogen and oxygen atoms in total. The minimum absolute atomic E-state index is 0.00126. The minimum Gasteiger partial charge on any atom is -0.326 e. The third-order valence-corrected chi connectivity index (χ3v) is 6.04. The van der Waals surface area contributed by atoms with Crippen LogP contribution in [0.3, 0.4) is 0 Å². The fraction of sp³-hybridized carbons (Fsp3) is 0.526. The van der Waals surface area contributed by atoms with Crippen molar-refractivity contribution in [2.45, 2.75) is 24.9 Å². The Bertz CT molecular complexity index is 765. The van der Waals surface area contributed by atoms with Gasteiger partial charge in [-0.05, 0) is 48.9 Å². The number of likely N-dealkylation sites (tertiary alicyclic amines) is 2. The van der Waals surface area contributed by atoms with Crippen molar-refractivity contribution >= 4 is 29.2 Å². The van der Waals surface area contributed by atoms with E-state index in [0.717, 1.165) is 18.5 Å². The Labute approximate surface area is 163 Å². The second kappa shape index (κ2) is 7.37. The van der Waals surface area contributed by atoms with Gasteiger partial charge in [0, 0.05) is 36.4 Å². The number of urea groups is 1. The number of nitrogens with zero attached hydrogens (tertiary/aromatic N) is 3. The van der Waals surface area contributed by atoms with Crippen LogP contribution in [0.1, 0.15) is 12.8 Å². The van der Waals surface area contributed by atoms with Crippen molar-refractivity contribution in [3.05, 3.63) is 29.3 Å². The Balaban J connectivity index is 1.21. The Morgan fingerprint density at radius 1 is 1.22 bits per heavy atom. The van der Waals surface area contributed by atoms with Gasteiger partial charge in [-0.3, -0.25) is 4.79 Å². The number of amides is 3. The number of anilines is 1. The first kappa shape index (κ1) is 18.1. The van der Waals surface area contributed by atoms with Gasteiger partial charge in [0.1, 0.15) is 6.04 Å². The number of carbonyl (C=O) groups is 2. The lowest BCUT2D eigenvalue weighted by molar-refractivity contribution is -0.130. The summed E-state index contributed by atoms with van der Waals surface area (Å²) in [4.78, 5) is 28.1. The molecular weight excluding hydrogens is 366 g/mol. The first-order chi connectivity index (χ1) is 13.1. The summed E-state index contributed by atoms with van der Waals surface area (Å²) >= 11 is 5.85. The van der Waals surface area contributed by atoms with E-state index in [1.807, 2.05) is 4.90 Å². The standard InChI is InChI=1S/C19H22ClN5O2/c20-12-3-5-13(6-4-12)23-19(27)24-10-15-16(11-24)18(15)22-9-17(26)25-7-1-2-14(25)8-21/h3-6,14-16,18,22H,1-2,7,9-11H2,(H,23,27). The number of hydrogen-bond acceptors (Lipinski definition) is 4. The van der Waals surface area contributed by atoms with Crippen molar-refractivity contribution in [2.75, 3.05) is 31.5 Å². The molecule has 142 valence electrons. The third kappa shape index (κ3) is 3.73. The summed E-state index contributed by atoms with van der Waals surface area (Å²) < 4.78 is 0. The largest absolute Gasteiger partial charge is 0.326 e. The van der Waals surface area contributed by atoms with Gasteiger partial charge in [-0.25, -0.2) is 4.79 Å². The minimum atomic E-state index is -0.273. The first-order valence-corrected chi connectivity index (χ1v) is 9.68. The van der Waals surface area contributed by atoms with Crippen LogP contribution in [-0.4, -0.2) is 60.0 Å². The predicted octanol–water partition coefficient (Wildman–Crippen LogP) is 1.91. The SMILES string of the molecule is N#CC1CCCN1C(=O)CNC1C2CN(C(=O)Nc3ccc(Cl)cc3)CC21. The molecule has 2 heterocycles. The van der Waals surface area contributed by atoms with Crippen LogP contribution < -0.4 is 10.6 Å². The Hall–Kier alpha value is -2.30. The molecule has 3 unspecified atom stereocenters. The lowest BCUT2D eigenvalue weighted by atomic mass is 10.2. The molecule has 0 bridgehead atoms. The molecule has 1 aliphatic carbocycles. The second-order valence-electron chi connectivity index (χ2n) is 7.45. The molecule has 3 aliphatic rings. The molecule has 27 heavy (non-hydrogen) atoms. The summed E-state index contributed by atoms with van der Waals surface area (Å²) in [7, 11) is 0. The number of piperidine rings is 1. The van der Waals surface area contributed by atoms with E-state index in [9.17, 15) is 9.59 Å². The van der Waals surface area contributed by atoms with Gasteiger partial charge in [0.2, 0.25) is 5.91 Å². The average molecular weight is 388 g/mol. The quantitative estimate of drug-likeness (QED) is 0.825. The summed E-state index contributed by atoms with van der Waals surface area (Å²) in [6.07, 6.45) is 1.67. The second-order valence-corrected chi connectivity index (χ2v) is 7.89. The van der Waals surface area contributed by atoms with Gasteiger partial charge in [0.05, 0.1) is 12.6 Å². The summed E-state index contributed by atoms with van der Waals surface area (Å²) in [5, 5.41) is 15.9. The van der Waals surface area contributed by atoms with E-state index in [1.54, 1.807) is 29.2 Å². The van der Waals surface area contributed by atoms with E-state index < -0.39 is 0 Å². The molecule has 0 radical (unpaired) electrons. The van der Waals surface area contributed by atoms with Gasteiger partial charge < -0.3 is 20.4 Å². The van der Waals surface area contributed by atoms with Crippen molar-refractivity contribution in [1.29, 1.82) is 5.26 Å². The van der Waals surface area contributed by atoms with E-state index in [2.05, 4.69) is 16.7 Å². The highest BCUT2D eigenvalue weighted by atomic mass is 35.5. The number of rotatable bonds is 4. The van der Waals surface area contributed by atoms with Crippen LogP contribution in [0.25, 0.3) is 0 Å². The molecule has 8 heteroatoms. The van der Waals surface area contributed by atoms with Crippen LogP contribution >= 0.6 is 11.6 Å². The number of fused-ring (bicyclic) bond motifs is 1. The Kier molecular flexibility index (Phi) is 4.94. The molecule has 0 spiro atoms. The zero-order valence-electron chi connectivity index (χ0n) is 14.9. The molecule has 0 aromatic heterocycles. The van der Waals surface area contributed by atoms with Crippen LogP contribution in [0.4, 0.5) is 10.5 Å². The van der Waals surface area contributed by atoms with E-state index in [-0.39, 0.29) is 30.6 Å². The van der Waals surface area contributed by atoms with Gasteiger partial charge in [-0.1, -0.05) is 11.6 Å². The molecule has 3 fully saturated rings. The van der Waals surface area contributed by atoms with Crippen molar-refractivity contribution in [3.63, 3.8) is 0 Å². The Morgan fingerprint density at radius 2 is 1.93 bits per heavy atom. The summed E-state index contributed by atoms with van der Waals surface area (Å²) in [6, 6.07) is 9.15. The topological polar surface area (TPSA) is 88.5 Å². The summed E-state index contributed by atoms with van der Waals surface area (Å²) in [6.45, 7) is 2.34. The monoisotopic (exact) mass is 387 g/mol. The molecule has 2 saturated heterocycles. The van der Waals surface area contributed by atoms with E-state index in [1.165, 1.54) is 0 Å². The number of nitrogens with one attached hydrogen (secondary N) is 2. The zero-order chi connectivity index (χ0) is 19.0. The first-order valence-electron chi connectivity index (χ1n) is 9.31. The number of nitriles is 1. The average Bonchev–Trinajstić information content (AvgIpc) is 3.06. The number of hydrogen-bond donors (Lipinski definition) is 2. The fourth-order valence-electron chi connectivity index (χ4n) is 4.24. The maximum absolute atomic E-state index is 12.4. The van der Waals surface area contributed by atoms with Crippen LogP contribution in [0.5, 0.6) is 0 Å². The molecule has 3 atom stereocenters. The Morgan fingerprint density at radius 3 is 2.59 bits per heavy atom. The van der Waals surface area contributed by atoms with Crippen LogP contribution in [0.15, 0.2) is 24.3 Å². The van der Waals surface area contributed by atoms with Crippen molar-refractivity contribution < 1.29 is 9.59 Å². The smallest absolute Gasteiger partial charge is 0.321 e. The fourth-order valence-corrected chi connectivity index (χ4v) is 4.36. The molecule has 1 aromatic rings. The summed E-state index contributed by atoms with van der Waals surface area (Å²) in [5.74, 6) is 0.805. The third-order valence-electron chi connectivity index (χ3n) is 5.79. The van der Waals surface area contributed by atoms with Crippen molar-refractivity contribution in [3.8, 4) is 6.07 Å². The maximum Gasteiger partial charge on any atom is 0.321 e. The zero-order valence-corrected chi connectivity index (χ0v) is 15.7. The van der Waals surface area contributed by atoms with Gasteiger partial charge >= 0.3 is 6.03 Å². The number of carbonyl (C=O) groups excluding carboxylic acids is 2. The molecule has 1 aromatic carbocycles. The van der Waals surface area contributed by atoms with Gasteiger partial charge in [-0.2, -0.15) is 5.26 Å². The molecule has 2 N–H and O–H groups in total. The number of halogens is 1. The lowest BCUT2D eigenvalue weighted by Crippen LogP contribution is -2.43. The van der Waals surface area contributed by atoms with E-state index >= 15 is 0 Å². The molecule has 4 rings (SSSR count). The lowest BCUT2D eigenvalue weighted by Gasteiger charge is -2.22. The van der Waals surface area contributed by atoms with Gasteiger partial charge in [-0.15, -0.1) is 0 Å². The van der Waals surface area contributed by atoms with Crippen LogP contribution in [0, 0.1) is 23.2 Å². The molecule has 3 amide bonds. The summed E-state index contributed by atoms with van der Waals surface area (Å²) in [5.41, 5.74) is 0.725. The van der Waals surface area contributed by atoms with Crippen molar-refractivity contribution in [1.82, 2.24) is 15.1 Å². The highest BCUT2D eigenvalue weighted by Gasteiger charge is 2.56. The molecule has 1 saturated carbocycles. The number of benzene rings is 1. The highest BCUT2D eigenvalue weighted by Crippen LogP contribution is 2.45. The van der Waals surface area contributed by atoms with E-state index in [0.29, 0.717) is 36.5 Å². The van der Waals surface area contributed by atoms with E-state index in [4.69, 9.17) is 16.9 Å². The molecular formula is C19H22ClN5O2. The maximum atomic E-state index is 12.4. The highest BCUT2D eigenvalue weighted by molar-refractivity contribution is 6.30.